The van der Waals surface area contributed by atoms with E-state index in [-0.39, 0.29) is 12.6 Å². The van der Waals surface area contributed by atoms with E-state index in [0.717, 1.165) is 55.3 Å². The highest BCUT2D eigenvalue weighted by atomic mass is 16.3. The molecular weight excluding hydrogens is 362 g/mol. The lowest BCUT2D eigenvalue weighted by molar-refractivity contribution is 0.271. The maximum atomic E-state index is 9.61. The lowest BCUT2D eigenvalue weighted by atomic mass is 10.2. The van der Waals surface area contributed by atoms with E-state index in [1.54, 1.807) is 0 Å². The van der Waals surface area contributed by atoms with Crippen molar-refractivity contribution < 1.29 is 5.11 Å². The third kappa shape index (κ3) is 4.27. The Morgan fingerprint density at radius 1 is 0.966 bits per heavy atom. The first kappa shape index (κ1) is 19.5. The van der Waals surface area contributed by atoms with Gasteiger partial charge >= 0.3 is 0 Å². The third-order valence-electron chi connectivity index (χ3n) is 5.61. The molecule has 2 N–H and O–H groups in total. The summed E-state index contributed by atoms with van der Waals surface area (Å²) in [5.41, 5.74) is 3.48. The van der Waals surface area contributed by atoms with Gasteiger partial charge in [-0.15, -0.1) is 0 Å². The summed E-state index contributed by atoms with van der Waals surface area (Å²) in [6.07, 6.45) is 0.833. The Morgan fingerprint density at radius 2 is 1.66 bits per heavy atom. The second-order valence-corrected chi connectivity index (χ2v) is 7.63. The Hall–Kier alpha value is -2.86. The fourth-order valence-corrected chi connectivity index (χ4v) is 3.71. The summed E-state index contributed by atoms with van der Waals surface area (Å²) in [5, 5.41) is 14.0. The zero-order valence-corrected chi connectivity index (χ0v) is 17.2. The molecule has 2 heterocycles. The SMILES string of the molecule is CCC(CO)Nc1nc(N2CCN(c3ccc(C)cc3)CC2)nc2ccccc12. The van der Waals surface area contributed by atoms with Crippen LogP contribution in [0.1, 0.15) is 18.9 Å². The van der Waals surface area contributed by atoms with Gasteiger partial charge in [0.2, 0.25) is 5.95 Å². The van der Waals surface area contributed by atoms with Gasteiger partial charge in [0.1, 0.15) is 5.82 Å². The molecule has 0 bridgehead atoms. The van der Waals surface area contributed by atoms with Crippen LogP contribution in [0.2, 0.25) is 0 Å². The number of aryl methyl sites for hydroxylation is 1. The van der Waals surface area contributed by atoms with Crippen LogP contribution in [0.15, 0.2) is 48.5 Å². The van der Waals surface area contributed by atoms with Gasteiger partial charge in [0.15, 0.2) is 0 Å². The van der Waals surface area contributed by atoms with Gasteiger partial charge in [0.25, 0.3) is 0 Å². The number of aliphatic hydroxyl groups excluding tert-OH is 1. The smallest absolute Gasteiger partial charge is 0.228 e. The second kappa shape index (κ2) is 8.66. The Bertz CT molecular complexity index is 947. The number of aliphatic hydroxyl groups is 1. The molecule has 152 valence electrons. The normalized spacial score (nSPS) is 15.6. The number of fused-ring (bicyclic) bond motifs is 1. The van der Waals surface area contributed by atoms with E-state index in [9.17, 15) is 5.11 Å². The van der Waals surface area contributed by atoms with Gasteiger partial charge in [-0.25, -0.2) is 4.98 Å². The molecule has 6 nitrogen and oxygen atoms in total. The molecule has 0 spiro atoms. The van der Waals surface area contributed by atoms with E-state index in [4.69, 9.17) is 9.97 Å². The van der Waals surface area contributed by atoms with Crippen LogP contribution in [-0.2, 0) is 0 Å². The van der Waals surface area contributed by atoms with Gasteiger partial charge in [0.05, 0.1) is 18.2 Å². The molecule has 1 aliphatic heterocycles. The molecule has 1 saturated heterocycles. The molecule has 0 amide bonds. The van der Waals surface area contributed by atoms with E-state index in [0.29, 0.717) is 0 Å². The molecule has 1 unspecified atom stereocenters. The van der Waals surface area contributed by atoms with Crippen molar-refractivity contribution in [1.82, 2.24) is 9.97 Å². The number of para-hydroxylation sites is 1. The monoisotopic (exact) mass is 391 g/mol. The average molecular weight is 392 g/mol. The molecule has 1 aliphatic rings. The second-order valence-electron chi connectivity index (χ2n) is 7.63. The Morgan fingerprint density at radius 3 is 2.34 bits per heavy atom. The molecule has 0 radical (unpaired) electrons. The molecule has 1 aromatic heterocycles. The van der Waals surface area contributed by atoms with E-state index in [1.165, 1.54) is 11.3 Å². The summed E-state index contributed by atoms with van der Waals surface area (Å²) in [7, 11) is 0. The van der Waals surface area contributed by atoms with Crippen molar-refractivity contribution in [3.05, 3.63) is 54.1 Å². The number of anilines is 3. The number of rotatable bonds is 6. The van der Waals surface area contributed by atoms with Crippen LogP contribution < -0.4 is 15.1 Å². The molecule has 1 atom stereocenters. The number of aromatic nitrogens is 2. The molecule has 1 fully saturated rings. The zero-order valence-electron chi connectivity index (χ0n) is 17.2. The quantitative estimate of drug-likeness (QED) is 0.671. The van der Waals surface area contributed by atoms with Crippen molar-refractivity contribution in [2.75, 3.05) is 47.9 Å². The maximum absolute atomic E-state index is 9.61. The predicted octanol–water partition coefficient (Wildman–Crippen LogP) is 3.45. The standard InChI is InChI=1S/C23H29N5O/c1-3-18(16-29)24-22-20-6-4-5-7-21(20)25-23(26-22)28-14-12-27(13-15-28)19-10-8-17(2)9-11-19/h4-11,18,29H,3,12-16H2,1-2H3,(H,24,25,26). The van der Waals surface area contributed by atoms with Crippen molar-refractivity contribution in [3.8, 4) is 0 Å². The maximum Gasteiger partial charge on any atom is 0.228 e. The summed E-state index contributed by atoms with van der Waals surface area (Å²) in [6.45, 7) is 7.89. The first-order valence-electron chi connectivity index (χ1n) is 10.4. The number of nitrogens with one attached hydrogen (secondary N) is 1. The minimum absolute atomic E-state index is 0.0143. The highest BCUT2D eigenvalue weighted by molar-refractivity contribution is 5.90. The van der Waals surface area contributed by atoms with Crippen LogP contribution in [0.5, 0.6) is 0 Å². The van der Waals surface area contributed by atoms with Gasteiger partial charge < -0.3 is 20.2 Å². The molecule has 6 heteroatoms. The lowest BCUT2D eigenvalue weighted by Gasteiger charge is -2.36. The van der Waals surface area contributed by atoms with Gasteiger partial charge in [0, 0.05) is 37.3 Å². The Balaban J connectivity index is 1.55. The number of hydrogen-bond acceptors (Lipinski definition) is 6. The van der Waals surface area contributed by atoms with Gasteiger partial charge in [-0.05, 0) is 37.6 Å². The number of hydrogen-bond donors (Lipinski definition) is 2. The van der Waals surface area contributed by atoms with Crippen molar-refractivity contribution in [2.24, 2.45) is 0 Å². The molecule has 0 saturated carbocycles. The molecule has 4 rings (SSSR count). The fourth-order valence-electron chi connectivity index (χ4n) is 3.71. The highest BCUT2D eigenvalue weighted by Gasteiger charge is 2.21. The number of nitrogens with zero attached hydrogens (tertiary/aromatic N) is 4. The van der Waals surface area contributed by atoms with Crippen LogP contribution in [0.3, 0.4) is 0 Å². The van der Waals surface area contributed by atoms with Crippen molar-refractivity contribution in [3.63, 3.8) is 0 Å². The molecule has 29 heavy (non-hydrogen) atoms. The summed E-state index contributed by atoms with van der Waals surface area (Å²) in [5.74, 6) is 1.55. The van der Waals surface area contributed by atoms with Crippen molar-refractivity contribution in [1.29, 1.82) is 0 Å². The van der Waals surface area contributed by atoms with E-state index >= 15 is 0 Å². The van der Waals surface area contributed by atoms with Crippen molar-refractivity contribution in [2.45, 2.75) is 26.3 Å². The summed E-state index contributed by atoms with van der Waals surface area (Å²) < 4.78 is 0. The van der Waals surface area contributed by atoms with E-state index in [2.05, 4.69) is 53.2 Å². The van der Waals surface area contributed by atoms with Crippen LogP contribution in [0, 0.1) is 6.92 Å². The third-order valence-corrected chi connectivity index (χ3v) is 5.61. The topological polar surface area (TPSA) is 64.5 Å². The number of benzene rings is 2. The lowest BCUT2D eigenvalue weighted by Crippen LogP contribution is -2.47. The number of piperazine rings is 1. The predicted molar refractivity (Wildman–Crippen MR) is 120 cm³/mol. The average Bonchev–Trinajstić information content (AvgIpc) is 2.78. The van der Waals surface area contributed by atoms with Crippen LogP contribution in [0.25, 0.3) is 10.9 Å². The van der Waals surface area contributed by atoms with Gasteiger partial charge in [-0.3, -0.25) is 0 Å². The van der Waals surface area contributed by atoms with Gasteiger partial charge in [-0.2, -0.15) is 4.98 Å². The zero-order chi connectivity index (χ0) is 20.2. The largest absolute Gasteiger partial charge is 0.394 e. The Labute approximate surface area is 172 Å². The molecule has 0 aliphatic carbocycles. The van der Waals surface area contributed by atoms with Crippen LogP contribution in [0.4, 0.5) is 17.5 Å². The summed E-state index contributed by atoms with van der Waals surface area (Å²) in [6, 6.07) is 16.8. The Kier molecular flexibility index (Phi) is 5.81. The van der Waals surface area contributed by atoms with Crippen LogP contribution in [-0.4, -0.2) is 53.9 Å². The minimum Gasteiger partial charge on any atom is -0.394 e. The van der Waals surface area contributed by atoms with Crippen molar-refractivity contribution >= 4 is 28.4 Å². The first-order valence-corrected chi connectivity index (χ1v) is 10.4. The highest BCUT2D eigenvalue weighted by Crippen LogP contribution is 2.26. The molecule has 3 aromatic rings. The molecular formula is C23H29N5O. The van der Waals surface area contributed by atoms with E-state index < -0.39 is 0 Å². The summed E-state index contributed by atoms with van der Waals surface area (Å²) >= 11 is 0. The fraction of sp³-hybridized carbons (Fsp3) is 0.391. The first-order chi connectivity index (χ1) is 14.2. The molecule has 2 aromatic carbocycles. The van der Waals surface area contributed by atoms with Gasteiger partial charge in [-0.1, -0.05) is 36.8 Å². The van der Waals surface area contributed by atoms with E-state index in [1.807, 2.05) is 24.3 Å². The van der Waals surface area contributed by atoms with Crippen LogP contribution >= 0.6 is 0 Å². The summed E-state index contributed by atoms with van der Waals surface area (Å²) in [4.78, 5) is 14.3. The minimum atomic E-state index is -0.0143.